The summed E-state index contributed by atoms with van der Waals surface area (Å²) < 4.78 is 25.2. The molecule has 0 aromatic heterocycles. The third-order valence-electron chi connectivity index (χ3n) is 6.70. The van der Waals surface area contributed by atoms with Crippen molar-refractivity contribution in [2.75, 3.05) is 25.6 Å². The number of nitrogens with one attached hydrogen (secondary N) is 1. The van der Waals surface area contributed by atoms with Gasteiger partial charge < -0.3 is 19.9 Å². The molecule has 0 aliphatic carbocycles. The fourth-order valence-electron chi connectivity index (χ4n) is 4.57. The molecule has 1 aliphatic heterocycles. The fourth-order valence-corrected chi connectivity index (χ4v) is 5.74. The number of aliphatic hydroxyl groups excluding tert-OH is 1. The van der Waals surface area contributed by atoms with Crippen molar-refractivity contribution < 1.29 is 28.6 Å². The Hall–Kier alpha value is -5.18. The number of nitriles is 1. The predicted molar refractivity (Wildman–Crippen MR) is 165 cm³/mol. The van der Waals surface area contributed by atoms with Crippen LogP contribution in [-0.4, -0.2) is 47.3 Å². The number of hydrogen-bond donors (Lipinski definition) is 2. The van der Waals surface area contributed by atoms with E-state index in [4.69, 9.17) is 14.6 Å². The molecule has 0 spiro atoms. The van der Waals surface area contributed by atoms with Crippen LogP contribution in [0.25, 0.3) is 0 Å². The molecule has 11 heteroatoms. The third-order valence-corrected chi connectivity index (χ3v) is 7.92. The molecule has 1 unspecified atom stereocenters. The Morgan fingerprint density at radius 1 is 1.05 bits per heavy atom. The molecule has 4 aromatic rings. The second-order valence-corrected chi connectivity index (χ2v) is 10.6. The van der Waals surface area contributed by atoms with E-state index in [1.54, 1.807) is 66.7 Å². The van der Waals surface area contributed by atoms with Gasteiger partial charge in [0.25, 0.3) is 11.8 Å². The summed E-state index contributed by atoms with van der Waals surface area (Å²) in [4.78, 5) is 26.5. The van der Waals surface area contributed by atoms with E-state index >= 15 is 0 Å². The van der Waals surface area contributed by atoms with Gasteiger partial charge in [-0.25, -0.2) is 9.40 Å². The molecule has 1 aliphatic rings. The number of nitrogens with zero attached hydrogens (tertiary/aromatic N) is 3. The zero-order valence-corrected chi connectivity index (χ0v) is 24.4. The summed E-state index contributed by atoms with van der Waals surface area (Å²) in [6.07, 6.45) is 0.525. The van der Waals surface area contributed by atoms with Crippen molar-refractivity contribution >= 4 is 34.3 Å². The summed E-state index contributed by atoms with van der Waals surface area (Å²) in [5, 5.41) is 27.1. The highest BCUT2D eigenvalue weighted by Gasteiger charge is 2.37. The van der Waals surface area contributed by atoms with Crippen molar-refractivity contribution in [2.45, 2.75) is 11.8 Å². The Morgan fingerprint density at radius 3 is 2.50 bits per heavy atom. The SMILES string of the molecule is COc1c(OCC(=O)Nc2ccc(CCO)cc2)cccc1C1SC(c2ccc(F)cc2)=NN1C(=O)c1ccccc1C#N. The van der Waals surface area contributed by atoms with Crippen LogP contribution in [0, 0.1) is 17.1 Å². The predicted octanol–water partition coefficient (Wildman–Crippen LogP) is 5.51. The number of carbonyl (C=O) groups excluding carboxylic acids is 2. The first-order valence-electron chi connectivity index (χ1n) is 13.5. The molecular weight excluding hydrogens is 583 g/mol. The van der Waals surface area contributed by atoms with Crippen molar-refractivity contribution in [1.82, 2.24) is 5.01 Å². The Labute approximate surface area is 257 Å². The molecule has 0 bridgehead atoms. The smallest absolute Gasteiger partial charge is 0.276 e. The summed E-state index contributed by atoms with van der Waals surface area (Å²) in [5.41, 5.74) is 3.06. The number of rotatable bonds is 10. The van der Waals surface area contributed by atoms with E-state index in [-0.39, 0.29) is 30.1 Å². The van der Waals surface area contributed by atoms with Gasteiger partial charge in [0.15, 0.2) is 18.1 Å². The summed E-state index contributed by atoms with van der Waals surface area (Å²) in [6.45, 7) is -0.274. The number of para-hydroxylation sites is 1. The third kappa shape index (κ3) is 6.72. The first-order chi connectivity index (χ1) is 21.4. The van der Waals surface area contributed by atoms with Crippen molar-refractivity contribution in [3.8, 4) is 17.6 Å². The molecule has 0 fully saturated rings. The highest BCUT2D eigenvalue weighted by molar-refractivity contribution is 8.14. The van der Waals surface area contributed by atoms with Crippen LogP contribution in [0.15, 0.2) is 96.1 Å². The number of halogens is 1. The Morgan fingerprint density at radius 2 is 1.80 bits per heavy atom. The number of methoxy groups -OCH3 is 1. The summed E-state index contributed by atoms with van der Waals surface area (Å²) >= 11 is 1.26. The molecule has 0 saturated carbocycles. The Kier molecular flexibility index (Phi) is 9.54. The van der Waals surface area contributed by atoms with Crippen LogP contribution >= 0.6 is 11.8 Å². The van der Waals surface area contributed by atoms with E-state index in [0.29, 0.717) is 34.0 Å². The van der Waals surface area contributed by atoms with Gasteiger partial charge in [0.05, 0.1) is 24.3 Å². The number of carbonyl (C=O) groups is 2. The molecule has 4 aromatic carbocycles. The van der Waals surface area contributed by atoms with Gasteiger partial charge in [-0.05, 0) is 66.6 Å². The van der Waals surface area contributed by atoms with E-state index < -0.39 is 23.0 Å². The van der Waals surface area contributed by atoms with Crippen LogP contribution in [-0.2, 0) is 11.2 Å². The lowest BCUT2D eigenvalue weighted by Crippen LogP contribution is -2.27. The normalized spacial score (nSPS) is 14.0. The van der Waals surface area contributed by atoms with E-state index in [9.17, 15) is 19.2 Å². The maximum absolute atomic E-state index is 13.8. The van der Waals surface area contributed by atoms with Crippen LogP contribution in [0.4, 0.5) is 10.1 Å². The van der Waals surface area contributed by atoms with Gasteiger partial charge in [0.1, 0.15) is 16.2 Å². The number of amides is 2. The fraction of sp³-hybridized carbons (Fsp3) is 0.152. The van der Waals surface area contributed by atoms with Crippen LogP contribution < -0.4 is 14.8 Å². The number of hydrazone groups is 1. The second kappa shape index (κ2) is 13.9. The number of benzene rings is 4. The molecule has 222 valence electrons. The Balaban J connectivity index is 1.41. The molecule has 1 heterocycles. The summed E-state index contributed by atoms with van der Waals surface area (Å²) in [5.74, 6) is -0.727. The minimum atomic E-state index is -0.737. The largest absolute Gasteiger partial charge is 0.492 e. The minimum Gasteiger partial charge on any atom is -0.492 e. The molecule has 2 N–H and O–H groups in total. The number of ether oxygens (including phenoxy) is 2. The maximum Gasteiger partial charge on any atom is 0.276 e. The van der Waals surface area contributed by atoms with E-state index in [0.717, 1.165) is 5.56 Å². The van der Waals surface area contributed by atoms with Crippen molar-refractivity contribution in [3.63, 3.8) is 0 Å². The van der Waals surface area contributed by atoms with Gasteiger partial charge in [-0.15, -0.1) is 0 Å². The van der Waals surface area contributed by atoms with Crippen molar-refractivity contribution in [1.29, 1.82) is 5.26 Å². The van der Waals surface area contributed by atoms with Gasteiger partial charge >= 0.3 is 0 Å². The molecular formula is C33H27FN4O5S. The standard InChI is InChI=1S/C33H27FN4O5S/c1-42-30-27(7-4-8-28(30)43-20-29(40)36-25-15-9-21(10-16-25)17-18-39)33-38(32(41)26-6-3-2-5-23(26)19-35)37-31(44-33)22-11-13-24(34)14-12-22/h2-16,33,39H,17-18,20H2,1H3,(H,36,40). The minimum absolute atomic E-state index is 0.0402. The molecule has 0 radical (unpaired) electrons. The monoisotopic (exact) mass is 610 g/mol. The molecule has 2 amide bonds. The second-order valence-electron chi connectivity index (χ2n) is 9.58. The number of anilines is 1. The van der Waals surface area contributed by atoms with Crippen LogP contribution in [0.3, 0.4) is 0 Å². The highest BCUT2D eigenvalue weighted by Crippen LogP contribution is 2.47. The maximum atomic E-state index is 13.8. The summed E-state index contributed by atoms with van der Waals surface area (Å²) in [7, 11) is 1.46. The zero-order valence-electron chi connectivity index (χ0n) is 23.6. The van der Waals surface area contributed by atoms with Crippen molar-refractivity contribution in [2.24, 2.45) is 5.10 Å². The molecule has 9 nitrogen and oxygen atoms in total. The van der Waals surface area contributed by atoms with Gasteiger partial charge in [0, 0.05) is 23.4 Å². The number of thioether (sulfide) groups is 1. The van der Waals surface area contributed by atoms with Crippen LogP contribution in [0.5, 0.6) is 11.5 Å². The number of aliphatic hydroxyl groups is 1. The zero-order chi connectivity index (χ0) is 31.1. The first kappa shape index (κ1) is 30.3. The highest BCUT2D eigenvalue weighted by atomic mass is 32.2. The van der Waals surface area contributed by atoms with Crippen molar-refractivity contribution in [3.05, 3.63) is 125 Å². The lowest BCUT2D eigenvalue weighted by molar-refractivity contribution is -0.118. The average Bonchev–Trinajstić information content (AvgIpc) is 3.50. The topological polar surface area (TPSA) is 124 Å². The van der Waals surface area contributed by atoms with Crippen LogP contribution in [0.1, 0.15) is 38.0 Å². The lowest BCUT2D eigenvalue weighted by Gasteiger charge is -2.24. The van der Waals surface area contributed by atoms with E-state index in [1.807, 2.05) is 12.1 Å². The van der Waals surface area contributed by atoms with Gasteiger partial charge in [0.2, 0.25) is 0 Å². The number of hydrogen-bond acceptors (Lipinski definition) is 8. The van der Waals surface area contributed by atoms with E-state index in [2.05, 4.69) is 16.5 Å². The van der Waals surface area contributed by atoms with Gasteiger partial charge in [-0.2, -0.15) is 10.4 Å². The van der Waals surface area contributed by atoms with Gasteiger partial charge in [-0.1, -0.05) is 48.2 Å². The first-order valence-corrected chi connectivity index (χ1v) is 14.4. The molecule has 1 atom stereocenters. The summed E-state index contributed by atoms with van der Waals surface area (Å²) in [6, 6.07) is 26.5. The Bertz CT molecular complexity index is 1740. The van der Waals surface area contributed by atoms with E-state index in [1.165, 1.54) is 36.0 Å². The lowest BCUT2D eigenvalue weighted by atomic mass is 10.1. The molecule has 5 rings (SSSR count). The van der Waals surface area contributed by atoms with Crippen LogP contribution in [0.2, 0.25) is 0 Å². The quantitative estimate of drug-likeness (QED) is 0.243. The average molecular weight is 611 g/mol. The van der Waals surface area contributed by atoms with Gasteiger partial charge in [-0.3, -0.25) is 9.59 Å². The molecule has 0 saturated heterocycles. The molecule has 44 heavy (non-hydrogen) atoms.